The highest BCUT2D eigenvalue weighted by Crippen LogP contribution is 2.30. The summed E-state index contributed by atoms with van der Waals surface area (Å²) in [6.07, 6.45) is -3.68. The van der Waals surface area contributed by atoms with Gasteiger partial charge in [-0.2, -0.15) is 18.3 Å². The zero-order valence-corrected chi connectivity index (χ0v) is 15.1. The van der Waals surface area contributed by atoms with Crippen LogP contribution in [0, 0.1) is 0 Å². The van der Waals surface area contributed by atoms with Crippen molar-refractivity contribution in [1.82, 2.24) is 20.2 Å². The number of carbonyl (C=O) groups is 1. The van der Waals surface area contributed by atoms with Crippen molar-refractivity contribution >= 4 is 22.8 Å². The second-order valence-corrected chi connectivity index (χ2v) is 5.80. The number of hydrogen-bond donors (Lipinski definition) is 3. The monoisotopic (exact) mass is 417 g/mol. The molecule has 8 nitrogen and oxygen atoms in total. The third kappa shape index (κ3) is 4.82. The van der Waals surface area contributed by atoms with Gasteiger partial charge in [0.15, 0.2) is 5.65 Å². The molecular weight excluding hydrogens is 403 g/mol. The lowest BCUT2D eigenvalue weighted by molar-refractivity contribution is -0.192. The quantitative estimate of drug-likeness (QED) is 0.459. The number of alkyl halides is 3. The Labute approximate surface area is 167 Å². The lowest BCUT2D eigenvalue weighted by Gasteiger charge is -2.06. The molecule has 0 aliphatic heterocycles. The number of ether oxygens (including phenoxy) is 1. The lowest BCUT2D eigenvalue weighted by Crippen LogP contribution is -2.21. The van der Waals surface area contributed by atoms with Crippen LogP contribution in [0.25, 0.3) is 22.3 Å². The number of carboxylic acid groups (broad SMARTS) is 1. The maximum Gasteiger partial charge on any atom is 0.490 e. The number of carboxylic acids is 1. The Morgan fingerprint density at radius 2 is 1.60 bits per heavy atom. The van der Waals surface area contributed by atoms with E-state index in [9.17, 15) is 13.2 Å². The van der Waals surface area contributed by atoms with E-state index in [1.165, 1.54) is 6.33 Å². The number of H-pyrrole nitrogens is 1. The number of hydrogen-bond acceptors (Lipinski definition) is 6. The van der Waals surface area contributed by atoms with Gasteiger partial charge in [-0.25, -0.2) is 14.8 Å². The van der Waals surface area contributed by atoms with Crippen LogP contribution in [0.4, 0.5) is 19.0 Å². The van der Waals surface area contributed by atoms with Crippen LogP contribution in [0.2, 0.25) is 0 Å². The molecule has 154 valence electrons. The van der Waals surface area contributed by atoms with Crippen molar-refractivity contribution in [3.8, 4) is 22.8 Å². The smallest absolute Gasteiger partial charge is 0.475 e. The minimum Gasteiger partial charge on any atom is -0.475 e. The highest BCUT2D eigenvalue weighted by molar-refractivity contribution is 5.97. The van der Waals surface area contributed by atoms with Gasteiger partial charge in [0.25, 0.3) is 0 Å². The Hall–Kier alpha value is -4.15. The number of para-hydroxylation sites is 1. The average molecular weight is 417 g/mol. The van der Waals surface area contributed by atoms with Crippen LogP contribution in [0.5, 0.6) is 11.5 Å². The van der Waals surface area contributed by atoms with Gasteiger partial charge in [-0.3, -0.25) is 5.10 Å². The van der Waals surface area contributed by atoms with E-state index in [0.717, 1.165) is 28.1 Å². The van der Waals surface area contributed by atoms with Crippen LogP contribution in [0.3, 0.4) is 0 Å². The van der Waals surface area contributed by atoms with E-state index in [2.05, 4.69) is 20.2 Å². The molecule has 0 unspecified atom stereocenters. The molecule has 4 N–H and O–H groups in total. The molecule has 0 saturated heterocycles. The van der Waals surface area contributed by atoms with Crippen LogP contribution in [-0.2, 0) is 4.79 Å². The molecule has 11 heteroatoms. The van der Waals surface area contributed by atoms with Gasteiger partial charge >= 0.3 is 12.1 Å². The molecule has 0 aliphatic carbocycles. The Bertz CT molecular complexity index is 1150. The highest BCUT2D eigenvalue weighted by atomic mass is 19.4. The fourth-order valence-corrected chi connectivity index (χ4v) is 2.40. The summed E-state index contributed by atoms with van der Waals surface area (Å²) in [5.74, 6) is -0.797. The van der Waals surface area contributed by atoms with E-state index in [4.69, 9.17) is 20.4 Å². The van der Waals surface area contributed by atoms with Gasteiger partial charge in [-0.05, 0) is 36.4 Å². The van der Waals surface area contributed by atoms with Gasteiger partial charge in [0.05, 0.1) is 11.1 Å². The summed E-state index contributed by atoms with van der Waals surface area (Å²) in [4.78, 5) is 17.0. The first-order valence-corrected chi connectivity index (χ1v) is 8.33. The summed E-state index contributed by atoms with van der Waals surface area (Å²) >= 11 is 0. The van der Waals surface area contributed by atoms with Crippen LogP contribution in [-0.4, -0.2) is 37.4 Å². The Balaban J connectivity index is 0.000000318. The van der Waals surface area contributed by atoms with Gasteiger partial charge in [-0.1, -0.05) is 18.2 Å². The third-order valence-electron chi connectivity index (χ3n) is 3.74. The second-order valence-electron chi connectivity index (χ2n) is 5.80. The Morgan fingerprint density at radius 3 is 2.20 bits per heavy atom. The molecule has 0 spiro atoms. The number of aliphatic carboxylic acids is 1. The van der Waals surface area contributed by atoms with E-state index < -0.39 is 12.1 Å². The number of aromatic amines is 1. The molecule has 0 saturated carbocycles. The predicted octanol–water partition coefficient (Wildman–Crippen LogP) is 4.03. The topological polar surface area (TPSA) is 127 Å². The number of aromatic nitrogens is 4. The second kappa shape index (κ2) is 8.47. The summed E-state index contributed by atoms with van der Waals surface area (Å²) in [6, 6.07) is 17.3. The van der Waals surface area contributed by atoms with Gasteiger partial charge in [0.2, 0.25) is 0 Å². The molecule has 2 aromatic carbocycles. The number of rotatable bonds is 3. The molecule has 0 amide bonds. The van der Waals surface area contributed by atoms with E-state index in [1.54, 1.807) is 0 Å². The van der Waals surface area contributed by atoms with Crippen molar-refractivity contribution < 1.29 is 27.8 Å². The fourth-order valence-electron chi connectivity index (χ4n) is 2.40. The van der Waals surface area contributed by atoms with Crippen LogP contribution < -0.4 is 10.5 Å². The number of nitrogens with two attached hydrogens (primary N) is 1. The van der Waals surface area contributed by atoms with Crippen LogP contribution in [0.15, 0.2) is 60.9 Å². The van der Waals surface area contributed by atoms with Crippen molar-refractivity contribution in [2.75, 3.05) is 5.73 Å². The summed E-state index contributed by atoms with van der Waals surface area (Å²) in [5, 5.41) is 15.0. The zero-order valence-electron chi connectivity index (χ0n) is 15.1. The lowest BCUT2D eigenvalue weighted by atomic mass is 10.1. The van der Waals surface area contributed by atoms with Crippen molar-refractivity contribution in [1.29, 1.82) is 0 Å². The van der Waals surface area contributed by atoms with E-state index in [1.807, 2.05) is 54.6 Å². The zero-order chi connectivity index (χ0) is 21.7. The van der Waals surface area contributed by atoms with E-state index in [0.29, 0.717) is 11.5 Å². The van der Waals surface area contributed by atoms with E-state index >= 15 is 0 Å². The first-order chi connectivity index (χ1) is 14.3. The molecule has 0 bridgehead atoms. The molecule has 0 aliphatic rings. The first-order valence-electron chi connectivity index (χ1n) is 8.33. The number of nitrogens with one attached hydrogen (secondary N) is 1. The molecule has 4 rings (SSSR count). The number of halogens is 3. The highest BCUT2D eigenvalue weighted by Gasteiger charge is 2.38. The molecule has 2 aromatic heterocycles. The van der Waals surface area contributed by atoms with Gasteiger partial charge in [-0.15, -0.1) is 0 Å². The number of benzene rings is 2. The minimum atomic E-state index is -5.08. The number of nitrogens with zero attached hydrogens (tertiary/aromatic N) is 3. The summed E-state index contributed by atoms with van der Waals surface area (Å²) < 4.78 is 37.5. The number of nitrogen functional groups attached to an aromatic ring is 1. The molecule has 4 aromatic rings. The van der Waals surface area contributed by atoms with Gasteiger partial charge in [0, 0.05) is 5.56 Å². The van der Waals surface area contributed by atoms with Crippen molar-refractivity contribution in [2.24, 2.45) is 0 Å². The van der Waals surface area contributed by atoms with Crippen LogP contribution in [0.1, 0.15) is 0 Å². The van der Waals surface area contributed by atoms with Crippen molar-refractivity contribution in [3.63, 3.8) is 0 Å². The van der Waals surface area contributed by atoms with Crippen molar-refractivity contribution in [2.45, 2.75) is 6.18 Å². The predicted molar refractivity (Wildman–Crippen MR) is 102 cm³/mol. The average Bonchev–Trinajstić information content (AvgIpc) is 3.15. The van der Waals surface area contributed by atoms with Gasteiger partial charge in [0.1, 0.15) is 23.6 Å². The van der Waals surface area contributed by atoms with E-state index in [-0.39, 0.29) is 0 Å². The number of anilines is 1. The van der Waals surface area contributed by atoms with Crippen LogP contribution >= 0.6 is 0 Å². The Morgan fingerprint density at radius 1 is 1.00 bits per heavy atom. The molecule has 0 radical (unpaired) electrons. The largest absolute Gasteiger partial charge is 0.490 e. The summed E-state index contributed by atoms with van der Waals surface area (Å²) in [6.45, 7) is 0. The maximum atomic E-state index is 10.6. The molecule has 2 heterocycles. The molecular formula is C19H14F3N5O3. The molecule has 0 fully saturated rings. The SMILES string of the molecule is Nc1ncnc2n[nH]c(-c3ccc(Oc4ccccc4)cc3)c12.O=C(O)C(F)(F)F. The van der Waals surface area contributed by atoms with Crippen molar-refractivity contribution in [3.05, 3.63) is 60.9 Å². The third-order valence-corrected chi connectivity index (χ3v) is 3.74. The summed E-state index contributed by atoms with van der Waals surface area (Å²) in [7, 11) is 0. The Kier molecular flexibility index (Phi) is 5.81. The fraction of sp³-hybridized carbons (Fsp3) is 0.0526. The standard InChI is InChI=1S/C17H13N5O.C2HF3O2/c18-16-14-15(21-22-17(14)20-10-19-16)11-6-8-13(9-7-11)23-12-4-2-1-3-5-12;3-2(4,5)1(6)7/h1-10H,(H3,18,19,20,21,22);(H,6,7). The van der Waals surface area contributed by atoms with Gasteiger partial charge < -0.3 is 15.6 Å². The minimum absolute atomic E-state index is 0.406. The summed E-state index contributed by atoms with van der Waals surface area (Å²) in [5.41, 5.74) is 8.22. The first kappa shape index (κ1) is 20.6. The number of fused-ring (bicyclic) bond motifs is 1. The molecule has 30 heavy (non-hydrogen) atoms. The molecule has 0 atom stereocenters. The maximum absolute atomic E-state index is 10.6. The normalized spacial score (nSPS) is 10.9.